The third-order valence-corrected chi connectivity index (χ3v) is 4.26. The number of hydrogen-bond donors (Lipinski definition) is 1. The molecule has 1 N–H and O–H groups in total. The van der Waals surface area contributed by atoms with Crippen molar-refractivity contribution in [2.24, 2.45) is 0 Å². The lowest BCUT2D eigenvalue weighted by molar-refractivity contribution is 0.269. The molecule has 0 aliphatic rings. The maximum absolute atomic E-state index is 6.49. The molecular weight excluding hydrogens is 431 g/mol. The van der Waals surface area contributed by atoms with Crippen molar-refractivity contribution < 1.29 is 9.47 Å². The van der Waals surface area contributed by atoms with Crippen molar-refractivity contribution >= 4 is 36.4 Å². The molecule has 0 unspecified atom stereocenters. The third kappa shape index (κ3) is 7.75. The van der Waals surface area contributed by atoms with Gasteiger partial charge in [-0.05, 0) is 41.8 Å². The summed E-state index contributed by atoms with van der Waals surface area (Å²) in [5.74, 6) is 1.25. The molecular formula is C22H25Cl3N2O2. The fourth-order valence-corrected chi connectivity index (χ4v) is 3.00. The number of aromatic nitrogens is 1. The average Bonchev–Trinajstić information content (AvgIpc) is 2.69. The minimum Gasteiger partial charge on any atom is -0.490 e. The van der Waals surface area contributed by atoms with Crippen molar-refractivity contribution in [2.45, 2.75) is 26.6 Å². The molecule has 0 atom stereocenters. The average molecular weight is 456 g/mol. The summed E-state index contributed by atoms with van der Waals surface area (Å²) in [4.78, 5) is 4.12. The first-order valence-corrected chi connectivity index (χ1v) is 9.35. The van der Waals surface area contributed by atoms with E-state index in [1.165, 1.54) is 0 Å². The molecule has 156 valence electrons. The zero-order chi connectivity index (χ0) is 18.9. The highest BCUT2D eigenvalue weighted by Crippen LogP contribution is 2.37. The summed E-state index contributed by atoms with van der Waals surface area (Å²) in [6.45, 7) is 4.35. The number of nitrogens with one attached hydrogen (secondary N) is 1. The van der Waals surface area contributed by atoms with E-state index in [0.29, 0.717) is 36.3 Å². The van der Waals surface area contributed by atoms with E-state index in [0.717, 1.165) is 23.2 Å². The molecule has 0 aliphatic carbocycles. The molecule has 0 fully saturated rings. The van der Waals surface area contributed by atoms with E-state index in [4.69, 9.17) is 21.1 Å². The SMILES string of the molecule is CCOc1cc(CNCc2cccnc2)cc(Cl)c1OCc1ccccc1.Cl.Cl. The molecule has 1 aromatic heterocycles. The van der Waals surface area contributed by atoms with Gasteiger partial charge in [0.1, 0.15) is 6.61 Å². The Hall–Kier alpha value is -1.98. The summed E-state index contributed by atoms with van der Waals surface area (Å²) in [6, 6.07) is 17.9. The standard InChI is InChI=1S/C22H23ClN2O2.2ClH/c1-2-26-21-12-19(15-25-14-18-9-6-10-24-13-18)11-20(23)22(21)27-16-17-7-4-3-5-8-17;;/h3-13,25H,2,14-16H2,1H3;2*1H. The second kappa shape index (κ2) is 13.3. The number of ether oxygens (including phenoxy) is 2. The topological polar surface area (TPSA) is 43.4 Å². The van der Waals surface area contributed by atoms with Crippen molar-refractivity contribution in [3.63, 3.8) is 0 Å². The lowest BCUT2D eigenvalue weighted by Crippen LogP contribution is -2.13. The Morgan fingerprint density at radius 1 is 0.897 bits per heavy atom. The van der Waals surface area contributed by atoms with Gasteiger partial charge in [0.25, 0.3) is 0 Å². The summed E-state index contributed by atoms with van der Waals surface area (Å²) in [7, 11) is 0. The largest absolute Gasteiger partial charge is 0.490 e. The maximum Gasteiger partial charge on any atom is 0.180 e. The van der Waals surface area contributed by atoms with Crippen LogP contribution >= 0.6 is 36.4 Å². The van der Waals surface area contributed by atoms with Crippen LogP contribution in [0.5, 0.6) is 11.5 Å². The first-order chi connectivity index (χ1) is 13.3. The number of rotatable bonds is 9. The molecule has 0 amide bonds. The molecule has 7 heteroatoms. The van der Waals surface area contributed by atoms with Crippen molar-refractivity contribution in [2.75, 3.05) is 6.61 Å². The smallest absolute Gasteiger partial charge is 0.180 e. The highest BCUT2D eigenvalue weighted by molar-refractivity contribution is 6.32. The van der Waals surface area contributed by atoms with Crippen LogP contribution in [0.3, 0.4) is 0 Å². The van der Waals surface area contributed by atoms with Crippen LogP contribution in [0, 0.1) is 0 Å². The molecule has 2 aromatic carbocycles. The van der Waals surface area contributed by atoms with Crippen LogP contribution in [0.1, 0.15) is 23.6 Å². The van der Waals surface area contributed by atoms with Gasteiger partial charge in [0.05, 0.1) is 11.6 Å². The summed E-state index contributed by atoms with van der Waals surface area (Å²) in [5, 5.41) is 3.95. The monoisotopic (exact) mass is 454 g/mol. The zero-order valence-electron chi connectivity index (χ0n) is 16.1. The fraction of sp³-hybridized carbons (Fsp3) is 0.227. The van der Waals surface area contributed by atoms with Crippen LogP contribution < -0.4 is 14.8 Å². The Balaban J connectivity index is 0.00000210. The normalized spacial score (nSPS) is 9.86. The molecule has 4 nitrogen and oxygen atoms in total. The van der Waals surface area contributed by atoms with Crippen LogP contribution in [0.25, 0.3) is 0 Å². The van der Waals surface area contributed by atoms with E-state index in [9.17, 15) is 0 Å². The van der Waals surface area contributed by atoms with E-state index >= 15 is 0 Å². The molecule has 0 aliphatic heterocycles. The second-order valence-electron chi connectivity index (χ2n) is 6.08. The molecule has 3 aromatic rings. The minimum atomic E-state index is 0. The van der Waals surface area contributed by atoms with Gasteiger partial charge in [-0.25, -0.2) is 0 Å². The molecule has 0 saturated heterocycles. The van der Waals surface area contributed by atoms with E-state index in [1.54, 1.807) is 6.20 Å². The van der Waals surface area contributed by atoms with Gasteiger partial charge in [-0.2, -0.15) is 0 Å². The Labute approximate surface area is 189 Å². The van der Waals surface area contributed by atoms with E-state index < -0.39 is 0 Å². The van der Waals surface area contributed by atoms with Gasteiger partial charge in [0.2, 0.25) is 0 Å². The number of halogens is 3. The number of pyridine rings is 1. The molecule has 29 heavy (non-hydrogen) atoms. The molecule has 0 spiro atoms. The maximum atomic E-state index is 6.49. The molecule has 0 saturated carbocycles. The van der Waals surface area contributed by atoms with Crippen LogP contribution in [0.4, 0.5) is 0 Å². The van der Waals surface area contributed by atoms with Gasteiger partial charge in [-0.15, -0.1) is 24.8 Å². The predicted octanol–water partition coefficient (Wildman–Crippen LogP) is 5.85. The van der Waals surface area contributed by atoms with Crippen LogP contribution in [0.15, 0.2) is 67.0 Å². The highest BCUT2D eigenvalue weighted by Gasteiger charge is 2.13. The van der Waals surface area contributed by atoms with Crippen LogP contribution in [0.2, 0.25) is 5.02 Å². The van der Waals surface area contributed by atoms with Crippen molar-refractivity contribution in [3.8, 4) is 11.5 Å². The van der Waals surface area contributed by atoms with Gasteiger partial charge in [0.15, 0.2) is 11.5 Å². The highest BCUT2D eigenvalue weighted by atomic mass is 35.5. The molecule has 0 bridgehead atoms. The summed E-state index contributed by atoms with van der Waals surface area (Å²) in [5.41, 5.74) is 3.26. The van der Waals surface area contributed by atoms with Crippen molar-refractivity contribution in [3.05, 3.63) is 88.7 Å². The predicted molar refractivity (Wildman–Crippen MR) is 123 cm³/mol. The first kappa shape index (κ1) is 25.1. The quantitative estimate of drug-likeness (QED) is 0.440. The summed E-state index contributed by atoms with van der Waals surface area (Å²) < 4.78 is 11.7. The van der Waals surface area contributed by atoms with E-state index in [1.807, 2.05) is 67.7 Å². The molecule has 0 radical (unpaired) electrons. The fourth-order valence-electron chi connectivity index (χ4n) is 2.71. The second-order valence-corrected chi connectivity index (χ2v) is 6.48. The van der Waals surface area contributed by atoms with Crippen molar-refractivity contribution in [1.29, 1.82) is 0 Å². The van der Waals surface area contributed by atoms with Crippen molar-refractivity contribution in [1.82, 2.24) is 10.3 Å². The Bertz CT molecular complexity index is 849. The van der Waals surface area contributed by atoms with E-state index in [2.05, 4.69) is 10.3 Å². The van der Waals surface area contributed by atoms with Gasteiger partial charge < -0.3 is 14.8 Å². The Morgan fingerprint density at radius 2 is 1.62 bits per heavy atom. The summed E-state index contributed by atoms with van der Waals surface area (Å²) in [6.07, 6.45) is 3.62. The Morgan fingerprint density at radius 3 is 2.31 bits per heavy atom. The lowest BCUT2D eigenvalue weighted by Gasteiger charge is -2.16. The van der Waals surface area contributed by atoms with Gasteiger partial charge in [-0.1, -0.05) is 48.0 Å². The minimum absolute atomic E-state index is 0. The zero-order valence-corrected chi connectivity index (χ0v) is 18.5. The number of nitrogens with zero attached hydrogens (tertiary/aromatic N) is 1. The molecule has 1 heterocycles. The van der Waals surface area contributed by atoms with Gasteiger partial charge in [0, 0.05) is 25.5 Å². The Kier molecular flexibility index (Phi) is 11.5. The molecule has 3 rings (SSSR count). The first-order valence-electron chi connectivity index (χ1n) is 8.98. The summed E-state index contributed by atoms with van der Waals surface area (Å²) >= 11 is 6.49. The van der Waals surface area contributed by atoms with Crippen LogP contribution in [-0.4, -0.2) is 11.6 Å². The van der Waals surface area contributed by atoms with Gasteiger partial charge in [-0.3, -0.25) is 4.98 Å². The van der Waals surface area contributed by atoms with Gasteiger partial charge >= 0.3 is 0 Å². The van der Waals surface area contributed by atoms with Crippen LogP contribution in [-0.2, 0) is 19.7 Å². The number of benzene rings is 2. The lowest BCUT2D eigenvalue weighted by atomic mass is 10.2. The number of hydrogen-bond acceptors (Lipinski definition) is 4. The third-order valence-electron chi connectivity index (χ3n) is 3.98. The van der Waals surface area contributed by atoms with E-state index in [-0.39, 0.29) is 24.8 Å².